The summed E-state index contributed by atoms with van der Waals surface area (Å²) in [6.07, 6.45) is 1.98. The molecular formula is C17H20Cl2N2OS. The van der Waals surface area contributed by atoms with Crippen LogP contribution in [0, 0.1) is 0 Å². The third kappa shape index (κ3) is 4.70. The first-order chi connectivity index (χ1) is 10.6. The molecule has 0 bridgehead atoms. The van der Waals surface area contributed by atoms with Crippen LogP contribution in [0.5, 0.6) is 0 Å². The number of nitrogens with one attached hydrogen (secondary N) is 2. The largest absolute Gasteiger partial charge is 0.349 e. The van der Waals surface area contributed by atoms with Gasteiger partial charge >= 0.3 is 0 Å². The fraction of sp³-hybridized carbons (Fsp3) is 0.353. The average molecular weight is 371 g/mol. The number of piperidine rings is 1. The third-order valence-electron chi connectivity index (χ3n) is 3.92. The molecule has 0 aliphatic carbocycles. The van der Waals surface area contributed by atoms with E-state index in [1.807, 2.05) is 36.4 Å². The summed E-state index contributed by atoms with van der Waals surface area (Å²) in [7, 11) is 0. The molecule has 2 unspecified atom stereocenters. The van der Waals surface area contributed by atoms with Crippen LogP contribution < -0.4 is 10.6 Å². The van der Waals surface area contributed by atoms with Crippen molar-refractivity contribution >= 4 is 41.3 Å². The van der Waals surface area contributed by atoms with Crippen molar-refractivity contribution in [2.24, 2.45) is 0 Å². The summed E-state index contributed by atoms with van der Waals surface area (Å²) in [6, 6.07) is 12.3. The lowest BCUT2D eigenvalue weighted by molar-refractivity contribution is 0.0930. The summed E-state index contributed by atoms with van der Waals surface area (Å²) in [5.74, 6) is 0.0318. The maximum atomic E-state index is 12.4. The summed E-state index contributed by atoms with van der Waals surface area (Å²) < 4.78 is 0. The van der Waals surface area contributed by atoms with E-state index in [9.17, 15) is 4.79 Å². The predicted octanol–water partition coefficient (Wildman–Crippen LogP) is 4.36. The molecule has 0 radical (unpaired) electrons. The Morgan fingerprint density at radius 1 is 1.26 bits per heavy atom. The zero-order chi connectivity index (χ0) is 15.5. The maximum absolute atomic E-state index is 12.4. The summed E-state index contributed by atoms with van der Waals surface area (Å²) in [4.78, 5) is 14.2. The molecule has 1 aliphatic rings. The van der Waals surface area contributed by atoms with Gasteiger partial charge < -0.3 is 10.6 Å². The second-order valence-corrected chi connectivity index (χ2v) is 7.24. The molecule has 2 atom stereocenters. The van der Waals surface area contributed by atoms with Gasteiger partial charge in [0.25, 0.3) is 5.91 Å². The molecule has 1 aromatic heterocycles. The lowest BCUT2D eigenvalue weighted by Crippen LogP contribution is -2.46. The predicted molar refractivity (Wildman–Crippen MR) is 100.0 cm³/mol. The van der Waals surface area contributed by atoms with Gasteiger partial charge in [-0.1, -0.05) is 23.7 Å². The zero-order valence-electron chi connectivity index (χ0n) is 12.8. The van der Waals surface area contributed by atoms with Gasteiger partial charge in [-0.05, 0) is 56.1 Å². The van der Waals surface area contributed by atoms with Crippen LogP contribution in [-0.2, 0) is 0 Å². The van der Waals surface area contributed by atoms with Crippen molar-refractivity contribution in [3.8, 4) is 10.4 Å². The van der Waals surface area contributed by atoms with Gasteiger partial charge in [0.1, 0.15) is 0 Å². The Labute approximate surface area is 151 Å². The van der Waals surface area contributed by atoms with Gasteiger partial charge in [0.15, 0.2) is 0 Å². The second kappa shape index (κ2) is 8.15. The molecule has 1 fully saturated rings. The van der Waals surface area contributed by atoms with Crippen molar-refractivity contribution in [2.75, 3.05) is 6.54 Å². The van der Waals surface area contributed by atoms with E-state index in [2.05, 4.69) is 17.6 Å². The number of hydrogen-bond acceptors (Lipinski definition) is 3. The number of rotatable bonds is 3. The SMILES string of the molecule is CC1CC(NC(=O)c2ccc(-c3ccc(Cl)cc3)s2)CCN1.Cl. The van der Waals surface area contributed by atoms with Gasteiger partial charge in [-0.2, -0.15) is 0 Å². The molecule has 1 saturated heterocycles. The van der Waals surface area contributed by atoms with E-state index >= 15 is 0 Å². The van der Waals surface area contributed by atoms with Crippen molar-refractivity contribution in [3.63, 3.8) is 0 Å². The second-order valence-electron chi connectivity index (χ2n) is 5.72. The molecule has 2 heterocycles. The summed E-state index contributed by atoms with van der Waals surface area (Å²) >= 11 is 7.43. The lowest BCUT2D eigenvalue weighted by atomic mass is 10.0. The molecule has 3 nitrogen and oxygen atoms in total. The first-order valence-corrected chi connectivity index (χ1v) is 8.71. The Morgan fingerprint density at radius 3 is 2.70 bits per heavy atom. The molecule has 23 heavy (non-hydrogen) atoms. The molecule has 0 spiro atoms. The van der Waals surface area contributed by atoms with Crippen molar-refractivity contribution < 1.29 is 4.79 Å². The number of carbonyl (C=O) groups is 1. The van der Waals surface area contributed by atoms with E-state index in [0.717, 1.165) is 39.7 Å². The van der Waals surface area contributed by atoms with Crippen molar-refractivity contribution in [2.45, 2.75) is 31.8 Å². The third-order valence-corrected chi connectivity index (χ3v) is 5.30. The lowest BCUT2D eigenvalue weighted by Gasteiger charge is -2.28. The van der Waals surface area contributed by atoms with Gasteiger partial charge in [-0.25, -0.2) is 0 Å². The Morgan fingerprint density at radius 2 is 2.00 bits per heavy atom. The standard InChI is InChI=1S/C17H19ClN2OS.ClH/c1-11-10-14(8-9-19-11)20-17(21)16-7-6-15(22-16)12-2-4-13(18)5-3-12;/h2-7,11,14,19H,8-10H2,1H3,(H,20,21);1H. The Kier molecular flexibility index (Phi) is 6.48. The van der Waals surface area contributed by atoms with E-state index in [1.165, 1.54) is 11.3 Å². The summed E-state index contributed by atoms with van der Waals surface area (Å²) in [5, 5.41) is 7.27. The van der Waals surface area contributed by atoms with Crippen molar-refractivity contribution in [3.05, 3.63) is 46.3 Å². The minimum atomic E-state index is 0. The van der Waals surface area contributed by atoms with Gasteiger partial charge in [-0.15, -0.1) is 23.7 Å². The van der Waals surface area contributed by atoms with Crippen LogP contribution in [0.15, 0.2) is 36.4 Å². The highest BCUT2D eigenvalue weighted by Gasteiger charge is 2.21. The molecule has 3 rings (SSSR count). The van der Waals surface area contributed by atoms with E-state index < -0.39 is 0 Å². The van der Waals surface area contributed by atoms with Gasteiger partial charge in [0.05, 0.1) is 4.88 Å². The topological polar surface area (TPSA) is 41.1 Å². The van der Waals surface area contributed by atoms with E-state index in [1.54, 1.807) is 0 Å². The van der Waals surface area contributed by atoms with E-state index in [4.69, 9.17) is 11.6 Å². The monoisotopic (exact) mass is 370 g/mol. The minimum absolute atomic E-state index is 0. The highest BCUT2D eigenvalue weighted by molar-refractivity contribution is 7.17. The average Bonchev–Trinajstić information content (AvgIpc) is 2.98. The van der Waals surface area contributed by atoms with Crippen molar-refractivity contribution in [1.29, 1.82) is 0 Å². The normalized spacial score (nSPS) is 20.6. The van der Waals surface area contributed by atoms with Crippen LogP contribution in [0.2, 0.25) is 5.02 Å². The highest BCUT2D eigenvalue weighted by Crippen LogP contribution is 2.29. The van der Waals surface area contributed by atoms with Crippen LogP contribution in [-0.4, -0.2) is 24.5 Å². The fourth-order valence-electron chi connectivity index (χ4n) is 2.75. The molecule has 124 valence electrons. The first kappa shape index (κ1) is 18.3. The molecular weight excluding hydrogens is 351 g/mol. The fourth-order valence-corrected chi connectivity index (χ4v) is 3.79. The van der Waals surface area contributed by atoms with Crippen LogP contribution in [0.25, 0.3) is 10.4 Å². The Bertz CT molecular complexity index is 657. The maximum Gasteiger partial charge on any atom is 0.261 e. The van der Waals surface area contributed by atoms with E-state index in [0.29, 0.717) is 6.04 Å². The van der Waals surface area contributed by atoms with Gasteiger partial charge in [0.2, 0.25) is 0 Å². The quantitative estimate of drug-likeness (QED) is 0.842. The first-order valence-electron chi connectivity index (χ1n) is 7.52. The smallest absolute Gasteiger partial charge is 0.261 e. The molecule has 2 aromatic rings. The molecule has 0 saturated carbocycles. The molecule has 1 aromatic carbocycles. The number of halogens is 2. The highest BCUT2D eigenvalue weighted by atomic mass is 35.5. The van der Waals surface area contributed by atoms with Gasteiger partial charge in [0, 0.05) is 22.0 Å². The Hall–Kier alpha value is -1.07. The van der Waals surface area contributed by atoms with Crippen LogP contribution in [0.3, 0.4) is 0 Å². The van der Waals surface area contributed by atoms with Crippen LogP contribution >= 0.6 is 35.3 Å². The number of thiophene rings is 1. The van der Waals surface area contributed by atoms with Crippen LogP contribution in [0.4, 0.5) is 0 Å². The van der Waals surface area contributed by atoms with Crippen LogP contribution in [0.1, 0.15) is 29.4 Å². The summed E-state index contributed by atoms with van der Waals surface area (Å²) in [6.45, 7) is 3.12. The van der Waals surface area contributed by atoms with Crippen molar-refractivity contribution in [1.82, 2.24) is 10.6 Å². The number of amides is 1. The number of carbonyl (C=O) groups excluding carboxylic acids is 1. The molecule has 1 aliphatic heterocycles. The Balaban J connectivity index is 0.00000192. The minimum Gasteiger partial charge on any atom is -0.349 e. The number of benzene rings is 1. The summed E-state index contributed by atoms with van der Waals surface area (Å²) in [5.41, 5.74) is 1.09. The van der Waals surface area contributed by atoms with E-state index in [-0.39, 0.29) is 24.4 Å². The molecule has 6 heteroatoms. The van der Waals surface area contributed by atoms with Gasteiger partial charge in [-0.3, -0.25) is 4.79 Å². The zero-order valence-corrected chi connectivity index (χ0v) is 15.2. The molecule has 2 N–H and O–H groups in total. The molecule has 1 amide bonds. The number of hydrogen-bond donors (Lipinski definition) is 2.